The standard InChI is InChI=1S/C17H35N/c1-6-13-18-14(2)7-8-15-9-11-16(12-10-15)17(3,4)5/h14-16,18H,6-13H2,1-5H3. The SMILES string of the molecule is CCCNC(C)CCC1CCC(C(C)(C)C)CC1. The smallest absolute Gasteiger partial charge is 0.00388 e. The Labute approximate surface area is 115 Å². The van der Waals surface area contributed by atoms with Crippen LogP contribution >= 0.6 is 0 Å². The molecule has 0 aromatic rings. The largest absolute Gasteiger partial charge is 0.314 e. The Morgan fingerprint density at radius 3 is 2.22 bits per heavy atom. The molecule has 1 aliphatic rings. The quantitative estimate of drug-likeness (QED) is 0.702. The van der Waals surface area contributed by atoms with Gasteiger partial charge in [-0.1, -0.05) is 40.5 Å². The summed E-state index contributed by atoms with van der Waals surface area (Å²) in [5, 5.41) is 3.60. The monoisotopic (exact) mass is 253 g/mol. The van der Waals surface area contributed by atoms with Gasteiger partial charge in [-0.3, -0.25) is 0 Å². The average Bonchev–Trinajstić information content (AvgIpc) is 2.33. The summed E-state index contributed by atoms with van der Waals surface area (Å²) >= 11 is 0. The molecule has 1 fully saturated rings. The molecule has 1 rings (SSSR count). The first-order valence-corrected chi connectivity index (χ1v) is 8.16. The minimum absolute atomic E-state index is 0.529. The number of nitrogens with one attached hydrogen (secondary N) is 1. The maximum absolute atomic E-state index is 3.60. The maximum atomic E-state index is 3.60. The van der Waals surface area contributed by atoms with E-state index in [0.717, 1.165) is 11.8 Å². The summed E-state index contributed by atoms with van der Waals surface area (Å²) in [7, 11) is 0. The minimum Gasteiger partial charge on any atom is -0.314 e. The van der Waals surface area contributed by atoms with E-state index in [-0.39, 0.29) is 0 Å². The maximum Gasteiger partial charge on any atom is 0.00388 e. The second kappa shape index (κ2) is 7.53. The lowest BCUT2D eigenvalue weighted by molar-refractivity contribution is 0.144. The van der Waals surface area contributed by atoms with Crippen LogP contribution in [-0.2, 0) is 0 Å². The highest BCUT2D eigenvalue weighted by Gasteiger charge is 2.29. The third-order valence-electron chi connectivity index (χ3n) is 4.82. The van der Waals surface area contributed by atoms with Crippen LogP contribution in [0.15, 0.2) is 0 Å². The Balaban J connectivity index is 2.16. The van der Waals surface area contributed by atoms with Crippen LogP contribution in [0, 0.1) is 17.3 Å². The van der Waals surface area contributed by atoms with Gasteiger partial charge in [0.25, 0.3) is 0 Å². The van der Waals surface area contributed by atoms with Gasteiger partial charge in [-0.2, -0.15) is 0 Å². The van der Waals surface area contributed by atoms with Gasteiger partial charge in [-0.15, -0.1) is 0 Å². The minimum atomic E-state index is 0.529. The van der Waals surface area contributed by atoms with Crippen molar-refractivity contribution in [3.8, 4) is 0 Å². The zero-order valence-electron chi connectivity index (χ0n) is 13.4. The number of hydrogen-bond donors (Lipinski definition) is 1. The van der Waals surface area contributed by atoms with Crippen molar-refractivity contribution in [3.63, 3.8) is 0 Å². The fraction of sp³-hybridized carbons (Fsp3) is 1.00. The van der Waals surface area contributed by atoms with Crippen molar-refractivity contribution in [2.75, 3.05) is 6.54 Å². The van der Waals surface area contributed by atoms with Crippen LogP contribution in [0.3, 0.4) is 0 Å². The summed E-state index contributed by atoms with van der Waals surface area (Å²) in [6.07, 6.45) is 9.93. The van der Waals surface area contributed by atoms with E-state index in [2.05, 4.69) is 39.9 Å². The number of hydrogen-bond acceptors (Lipinski definition) is 1. The van der Waals surface area contributed by atoms with Crippen molar-refractivity contribution in [1.29, 1.82) is 0 Å². The van der Waals surface area contributed by atoms with Gasteiger partial charge in [0, 0.05) is 6.04 Å². The summed E-state index contributed by atoms with van der Waals surface area (Å²) in [6.45, 7) is 13.0. The van der Waals surface area contributed by atoms with Crippen LogP contribution in [-0.4, -0.2) is 12.6 Å². The fourth-order valence-corrected chi connectivity index (χ4v) is 3.30. The Morgan fingerprint density at radius 2 is 1.72 bits per heavy atom. The molecule has 1 heteroatoms. The zero-order chi connectivity index (χ0) is 13.6. The summed E-state index contributed by atoms with van der Waals surface area (Å²) in [5.41, 5.74) is 0.529. The van der Waals surface area contributed by atoms with E-state index >= 15 is 0 Å². The Morgan fingerprint density at radius 1 is 1.11 bits per heavy atom. The molecular formula is C17H35N. The van der Waals surface area contributed by atoms with Crippen molar-refractivity contribution in [1.82, 2.24) is 5.32 Å². The molecule has 0 spiro atoms. The van der Waals surface area contributed by atoms with E-state index in [4.69, 9.17) is 0 Å². The predicted molar refractivity (Wildman–Crippen MR) is 81.9 cm³/mol. The number of rotatable bonds is 6. The molecule has 1 aliphatic carbocycles. The Bertz CT molecular complexity index is 208. The molecule has 1 saturated carbocycles. The molecule has 0 aromatic heterocycles. The van der Waals surface area contributed by atoms with Gasteiger partial charge in [-0.05, 0) is 62.8 Å². The van der Waals surface area contributed by atoms with Crippen LogP contribution in [0.2, 0.25) is 0 Å². The summed E-state index contributed by atoms with van der Waals surface area (Å²) < 4.78 is 0. The van der Waals surface area contributed by atoms with E-state index in [9.17, 15) is 0 Å². The molecule has 18 heavy (non-hydrogen) atoms. The van der Waals surface area contributed by atoms with Crippen molar-refractivity contribution in [2.24, 2.45) is 17.3 Å². The van der Waals surface area contributed by atoms with E-state index in [1.54, 1.807) is 0 Å². The highest BCUT2D eigenvalue weighted by molar-refractivity contribution is 4.81. The van der Waals surface area contributed by atoms with Gasteiger partial charge in [0.15, 0.2) is 0 Å². The van der Waals surface area contributed by atoms with E-state index in [1.165, 1.54) is 51.5 Å². The molecule has 0 radical (unpaired) electrons. The van der Waals surface area contributed by atoms with Crippen LogP contribution in [0.25, 0.3) is 0 Å². The van der Waals surface area contributed by atoms with Crippen LogP contribution in [0.5, 0.6) is 0 Å². The van der Waals surface area contributed by atoms with Gasteiger partial charge in [0.2, 0.25) is 0 Å². The second-order valence-corrected chi connectivity index (χ2v) is 7.52. The van der Waals surface area contributed by atoms with Gasteiger partial charge >= 0.3 is 0 Å². The van der Waals surface area contributed by atoms with Crippen LogP contribution in [0.4, 0.5) is 0 Å². The Kier molecular flexibility index (Phi) is 6.70. The fourth-order valence-electron chi connectivity index (χ4n) is 3.30. The average molecular weight is 253 g/mol. The summed E-state index contributed by atoms with van der Waals surface area (Å²) in [5.74, 6) is 1.97. The zero-order valence-corrected chi connectivity index (χ0v) is 13.4. The lowest BCUT2D eigenvalue weighted by atomic mass is 9.69. The topological polar surface area (TPSA) is 12.0 Å². The van der Waals surface area contributed by atoms with Crippen molar-refractivity contribution in [3.05, 3.63) is 0 Å². The first-order valence-electron chi connectivity index (χ1n) is 8.16. The summed E-state index contributed by atoms with van der Waals surface area (Å²) in [4.78, 5) is 0. The molecule has 0 amide bonds. The molecule has 0 heterocycles. The van der Waals surface area contributed by atoms with Gasteiger partial charge < -0.3 is 5.32 Å². The first kappa shape index (κ1) is 16.0. The predicted octanol–water partition coefficient (Wildman–Crippen LogP) is 5.01. The first-order chi connectivity index (χ1) is 8.43. The molecule has 108 valence electrons. The van der Waals surface area contributed by atoms with Gasteiger partial charge in [0.05, 0.1) is 0 Å². The molecular weight excluding hydrogens is 218 g/mol. The van der Waals surface area contributed by atoms with Crippen molar-refractivity contribution >= 4 is 0 Å². The van der Waals surface area contributed by atoms with Gasteiger partial charge in [0.1, 0.15) is 0 Å². The molecule has 1 unspecified atom stereocenters. The molecule has 0 aliphatic heterocycles. The summed E-state index contributed by atoms with van der Waals surface area (Å²) in [6, 6.07) is 0.713. The van der Waals surface area contributed by atoms with Crippen molar-refractivity contribution < 1.29 is 0 Å². The molecule has 1 N–H and O–H groups in total. The van der Waals surface area contributed by atoms with Crippen molar-refractivity contribution in [2.45, 2.75) is 85.6 Å². The van der Waals surface area contributed by atoms with Crippen LogP contribution in [0.1, 0.15) is 79.6 Å². The molecule has 0 aromatic carbocycles. The third-order valence-corrected chi connectivity index (χ3v) is 4.82. The van der Waals surface area contributed by atoms with E-state index in [1.807, 2.05) is 0 Å². The lowest BCUT2D eigenvalue weighted by Gasteiger charge is -2.37. The van der Waals surface area contributed by atoms with E-state index in [0.29, 0.717) is 11.5 Å². The normalized spacial score (nSPS) is 27.2. The lowest BCUT2D eigenvalue weighted by Crippen LogP contribution is -2.29. The molecule has 1 nitrogen and oxygen atoms in total. The molecule has 0 saturated heterocycles. The Hall–Kier alpha value is -0.0400. The van der Waals surface area contributed by atoms with Crippen LogP contribution < -0.4 is 5.32 Å². The van der Waals surface area contributed by atoms with E-state index < -0.39 is 0 Å². The molecule has 0 bridgehead atoms. The highest BCUT2D eigenvalue weighted by atomic mass is 14.9. The van der Waals surface area contributed by atoms with Gasteiger partial charge in [-0.25, -0.2) is 0 Å². The third kappa shape index (κ3) is 5.73. The second-order valence-electron chi connectivity index (χ2n) is 7.52. The highest BCUT2D eigenvalue weighted by Crippen LogP contribution is 2.40. The molecule has 1 atom stereocenters.